The summed E-state index contributed by atoms with van der Waals surface area (Å²) in [6, 6.07) is 0. The summed E-state index contributed by atoms with van der Waals surface area (Å²) in [7, 11) is 0. The molecule has 0 bridgehead atoms. The highest BCUT2D eigenvalue weighted by molar-refractivity contribution is 9.09. The minimum absolute atomic E-state index is 0.200. The first-order chi connectivity index (χ1) is 7.24. The molecule has 0 amide bonds. The van der Waals surface area contributed by atoms with Gasteiger partial charge in [0.2, 0.25) is 0 Å². The zero-order valence-corrected chi connectivity index (χ0v) is 11.4. The number of ether oxygens (including phenoxy) is 1. The summed E-state index contributed by atoms with van der Waals surface area (Å²) >= 11 is 3.65. The normalized spacial score (nSPS) is 35.6. The van der Waals surface area contributed by atoms with Crippen LogP contribution in [0.15, 0.2) is 0 Å². The summed E-state index contributed by atoms with van der Waals surface area (Å²) in [6.07, 6.45) is 11.1. The Balaban J connectivity index is 1.84. The third-order valence-corrected chi connectivity index (χ3v) is 5.16. The molecule has 0 aliphatic heterocycles. The van der Waals surface area contributed by atoms with Crippen molar-refractivity contribution in [3.8, 4) is 0 Å². The molecule has 2 fully saturated rings. The van der Waals surface area contributed by atoms with Crippen LogP contribution in [0.3, 0.4) is 0 Å². The fourth-order valence-corrected chi connectivity index (χ4v) is 3.70. The second-order valence-corrected chi connectivity index (χ2v) is 6.08. The van der Waals surface area contributed by atoms with Gasteiger partial charge in [0.05, 0.1) is 11.7 Å². The molecule has 2 aliphatic rings. The number of rotatable bonds is 3. The predicted octanol–water partition coefficient (Wildman–Crippen LogP) is 4.29. The molecular weight excluding hydrogens is 252 g/mol. The smallest absolute Gasteiger partial charge is 0.0782 e. The fraction of sp³-hybridized carbons (Fsp3) is 1.00. The number of alkyl halides is 1. The fourth-order valence-electron chi connectivity index (χ4n) is 3.00. The van der Waals surface area contributed by atoms with Crippen molar-refractivity contribution >= 4 is 15.9 Å². The molecule has 0 spiro atoms. The molecule has 0 N–H and O–H groups in total. The van der Waals surface area contributed by atoms with E-state index in [-0.39, 0.29) is 5.60 Å². The zero-order chi connectivity index (χ0) is 10.7. The van der Waals surface area contributed by atoms with Gasteiger partial charge in [0.15, 0.2) is 0 Å². The van der Waals surface area contributed by atoms with Gasteiger partial charge < -0.3 is 4.74 Å². The van der Waals surface area contributed by atoms with Gasteiger partial charge in [-0.3, -0.25) is 0 Å². The Hall–Kier alpha value is 0.440. The van der Waals surface area contributed by atoms with Crippen molar-refractivity contribution < 1.29 is 4.74 Å². The molecule has 0 saturated heterocycles. The topological polar surface area (TPSA) is 9.23 Å². The maximum atomic E-state index is 6.39. The van der Waals surface area contributed by atoms with Gasteiger partial charge in [0, 0.05) is 5.33 Å². The largest absolute Gasteiger partial charge is 0.371 e. The van der Waals surface area contributed by atoms with E-state index in [1.807, 2.05) is 0 Å². The highest BCUT2D eigenvalue weighted by atomic mass is 79.9. The van der Waals surface area contributed by atoms with Gasteiger partial charge in [0.25, 0.3) is 0 Å². The Labute approximate surface area is 102 Å². The summed E-state index contributed by atoms with van der Waals surface area (Å²) in [5.41, 5.74) is 0.200. The van der Waals surface area contributed by atoms with E-state index in [9.17, 15) is 0 Å². The van der Waals surface area contributed by atoms with E-state index in [0.29, 0.717) is 6.10 Å². The Morgan fingerprint density at radius 1 is 1.13 bits per heavy atom. The molecule has 0 atom stereocenters. The van der Waals surface area contributed by atoms with Gasteiger partial charge in [-0.2, -0.15) is 0 Å². The predicted molar refractivity (Wildman–Crippen MR) is 67.5 cm³/mol. The van der Waals surface area contributed by atoms with E-state index in [2.05, 4.69) is 22.9 Å². The van der Waals surface area contributed by atoms with Crippen LogP contribution in [-0.4, -0.2) is 17.0 Å². The highest BCUT2D eigenvalue weighted by Crippen LogP contribution is 2.38. The molecule has 2 rings (SSSR count). The first-order valence-corrected chi connectivity index (χ1v) is 7.60. The molecule has 0 unspecified atom stereocenters. The average Bonchev–Trinajstić information content (AvgIpc) is 2.71. The summed E-state index contributed by atoms with van der Waals surface area (Å²) in [6.45, 7) is 2.37. The van der Waals surface area contributed by atoms with Gasteiger partial charge in [-0.1, -0.05) is 35.7 Å². The van der Waals surface area contributed by atoms with E-state index in [4.69, 9.17) is 4.74 Å². The Kier molecular flexibility index (Phi) is 4.11. The highest BCUT2D eigenvalue weighted by Gasteiger charge is 2.36. The average molecular weight is 275 g/mol. The minimum atomic E-state index is 0.200. The van der Waals surface area contributed by atoms with Crippen LogP contribution in [0.2, 0.25) is 0 Å². The second kappa shape index (κ2) is 5.18. The molecule has 0 heterocycles. The Morgan fingerprint density at radius 2 is 1.73 bits per heavy atom. The van der Waals surface area contributed by atoms with Gasteiger partial charge >= 0.3 is 0 Å². The standard InChI is InChI=1S/C13H23BrO/c1-11-4-6-12(7-5-11)15-13(10-14)8-2-3-9-13/h11-12H,2-10H2,1H3. The van der Waals surface area contributed by atoms with Gasteiger partial charge in [-0.05, 0) is 44.4 Å². The van der Waals surface area contributed by atoms with Crippen LogP contribution in [-0.2, 0) is 4.74 Å². The van der Waals surface area contributed by atoms with Crippen molar-refractivity contribution in [1.82, 2.24) is 0 Å². The molecule has 88 valence electrons. The molecule has 0 aromatic carbocycles. The summed E-state index contributed by atoms with van der Waals surface area (Å²) < 4.78 is 6.39. The number of halogens is 1. The quantitative estimate of drug-likeness (QED) is 0.698. The number of hydrogen-bond acceptors (Lipinski definition) is 1. The Bertz CT molecular complexity index is 191. The summed E-state index contributed by atoms with van der Waals surface area (Å²) in [5, 5.41) is 1.03. The molecule has 0 radical (unpaired) electrons. The van der Waals surface area contributed by atoms with Crippen LogP contribution in [0.1, 0.15) is 58.3 Å². The molecule has 0 aromatic heterocycles. The van der Waals surface area contributed by atoms with E-state index in [1.54, 1.807) is 0 Å². The van der Waals surface area contributed by atoms with E-state index >= 15 is 0 Å². The Morgan fingerprint density at radius 3 is 2.27 bits per heavy atom. The lowest BCUT2D eigenvalue weighted by molar-refractivity contribution is -0.0907. The first-order valence-electron chi connectivity index (χ1n) is 6.48. The van der Waals surface area contributed by atoms with Crippen LogP contribution in [0, 0.1) is 5.92 Å². The lowest BCUT2D eigenvalue weighted by Gasteiger charge is -2.35. The van der Waals surface area contributed by atoms with Crippen molar-refractivity contribution in [3.63, 3.8) is 0 Å². The lowest BCUT2D eigenvalue weighted by Crippen LogP contribution is -2.37. The van der Waals surface area contributed by atoms with Crippen molar-refractivity contribution in [3.05, 3.63) is 0 Å². The second-order valence-electron chi connectivity index (χ2n) is 5.52. The maximum Gasteiger partial charge on any atom is 0.0782 e. The lowest BCUT2D eigenvalue weighted by atomic mass is 9.88. The molecule has 2 heteroatoms. The van der Waals surface area contributed by atoms with Gasteiger partial charge in [-0.25, -0.2) is 0 Å². The molecular formula is C13H23BrO. The van der Waals surface area contributed by atoms with Crippen LogP contribution >= 0.6 is 15.9 Å². The molecule has 15 heavy (non-hydrogen) atoms. The molecule has 1 nitrogen and oxygen atoms in total. The van der Waals surface area contributed by atoms with Gasteiger partial charge in [-0.15, -0.1) is 0 Å². The van der Waals surface area contributed by atoms with Crippen molar-refractivity contribution in [2.75, 3.05) is 5.33 Å². The third kappa shape index (κ3) is 2.97. The summed E-state index contributed by atoms with van der Waals surface area (Å²) in [4.78, 5) is 0. The molecule has 2 aliphatic carbocycles. The van der Waals surface area contributed by atoms with Crippen LogP contribution in [0.25, 0.3) is 0 Å². The van der Waals surface area contributed by atoms with E-state index < -0.39 is 0 Å². The van der Waals surface area contributed by atoms with Crippen LogP contribution in [0.4, 0.5) is 0 Å². The van der Waals surface area contributed by atoms with E-state index in [1.165, 1.54) is 51.4 Å². The maximum absolute atomic E-state index is 6.39. The third-order valence-electron chi connectivity index (χ3n) is 4.14. The van der Waals surface area contributed by atoms with Crippen molar-refractivity contribution in [2.24, 2.45) is 5.92 Å². The zero-order valence-electron chi connectivity index (χ0n) is 9.80. The van der Waals surface area contributed by atoms with Crippen molar-refractivity contribution in [2.45, 2.75) is 70.0 Å². The van der Waals surface area contributed by atoms with Crippen LogP contribution in [0.5, 0.6) is 0 Å². The monoisotopic (exact) mass is 274 g/mol. The first kappa shape index (κ1) is 11.9. The molecule has 0 aromatic rings. The SMILES string of the molecule is CC1CCC(OC2(CBr)CCCC2)CC1. The van der Waals surface area contributed by atoms with Crippen LogP contribution < -0.4 is 0 Å². The van der Waals surface area contributed by atoms with Gasteiger partial charge in [0.1, 0.15) is 0 Å². The molecule has 2 saturated carbocycles. The summed E-state index contributed by atoms with van der Waals surface area (Å²) in [5.74, 6) is 0.924. The van der Waals surface area contributed by atoms with Crippen molar-refractivity contribution in [1.29, 1.82) is 0 Å². The van der Waals surface area contributed by atoms with E-state index in [0.717, 1.165) is 11.2 Å². The minimum Gasteiger partial charge on any atom is -0.371 e. The number of hydrogen-bond donors (Lipinski definition) is 0.